The topological polar surface area (TPSA) is 17.1 Å². The summed E-state index contributed by atoms with van der Waals surface area (Å²) in [5.41, 5.74) is 1.80. The zero-order chi connectivity index (χ0) is 13.7. The minimum Gasteiger partial charge on any atom is -0.292 e. The van der Waals surface area contributed by atoms with Gasteiger partial charge in [0.05, 0.1) is 0 Å². The number of halogens is 1. The van der Waals surface area contributed by atoms with Crippen molar-refractivity contribution in [1.29, 1.82) is 0 Å². The van der Waals surface area contributed by atoms with Crippen molar-refractivity contribution in [3.8, 4) is 0 Å². The summed E-state index contributed by atoms with van der Waals surface area (Å²) >= 11 is 6.42. The first kappa shape index (κ1) is 13.8. The summed E-state index contributed by atoms with van der Waals surface area (Å²) in [6.45, 7) is 2.06. The van der Waals surface area contributed by atoms with E-state index in [0.717, 1.165) is 12.0 Å². The van der Waals surface area contributed by atoms with E-state index in [4.69, 9.17) is 11.6 Å². The maximum atomic E-state index is 12.4. The van der Waals surface area contributed by atoms with Crippen LogP contribution in [-0.4, -0.2) is 11.2 Å². The number of hydrogen-bond donors (Lipinski definition) is 0. The third-order valence-electron chi connectivity index (χ3n) is 3.33. The van der Waals surface area contributed by atoms with Crippen molar-refractivity contribution in [2.75, 3.05) is 0 Å². The second kappa shape index (κ2) is 6.53. The van der Waals surface area contributed by atoms with E-state index in [1.165, 1.54) is 0 Å². The van der Waals surface area contributed by atoms with Gasteiger partial charge in [0.2, 0.25) is 0 Å². The first-order valence-corrected chi connectivity index (χ1v) is 6.96. The Morgan fingerprint density at radius 2 is 1.53 bits per heavy atom. The highest BCUT2D eigenvalue weighted by molar-refractivity contribution is 6.34. The van der Waals surface area contributed by atoms with Crippen molar-refractivity contribution in [1.82, 2.24) is 0 Å². The molecule has 2 unspecified atom stereocenters. The maximum absolute atomic E-state index is 12.4. The molecule has 19 heavy (non-hydrogen) atoms. The second-order valence-corrected chi connectivity index (χ2v) is 5.03. The van der Waals surface area contributed by atoms with Gasteiger partial charge in [-0.3, -0.25) is 4.79 Å². The number of hydrogen-bond acceptors (Lipinski definition) is 1. The Morgan fingerprint density at radius 3 is 2.05 bits per heavy atom. The monoisotopic (exact) mass is 272 g/mol. The Balaban J connectivity index is 2.22. The quantitative estimate of drug-likeness (QED) is 0.571. The molecule has 0 aliphatic rings. The fourth-order valence-corrected chi connectivity index (χ4v) is 2.71. The van der Waals surface area contributed by atoms with Crippen LogP contribution in [0.1, 0.15) is 35.2 Å². The third kappa shape index (κ3) is 3.24. The van der Waals surface area contributed by atoms with Crippen LogP contribution in [0, 0.1) is 0 Å². The molecule has 0 saturated heterocycles. The van der Waals surface area contributed by atoms with Crippen molar-refractivity contribution in [2.45, 2.75) is 24.6 Å². The molecule has 0 radical (unpaired) electrons. The van der Waals surface area contributed by atoms with Crippen LogP contribution in [-0.2, 0) is 0 Å². The molecule has 0 heterocycles. The molecular formula is C17H17ClO. The largest absolute Gasteiger partial charge is 0.292 e. The molecule has 0 fully saturated rings. The highest BCUT2D eigenvalue weighted by Gasteiger charge is 2.26. The number of rotatable bonds is 5. The van der Waals surface area contributed by atoms with Gasteiger partial charge in [0, 0.05) is 11.5 Å². The van der Waals surface area contributed by atoms with Crippen molar-refractivity contribution >= 4 is 17.4 Å². The lowest BCUT2D eigenvalue weighted by Gasteiger charge is -2.20. The van der Waals surface area contributed by atoms with E-state index in [0.29, 0.717) is 5.56 Å². The molecule has 0 aromatic heterocycles. The summed E-state index contributed by atoms with van der Waals surface area (Å²) in [6.07, 6.45) is 0.844. The van der Waals surface area contributed by atoms with Crippen molar-refractivity contribution < 1.29 is 4.79 Å². The standard InChI is InChI=1S/C17H17ClO/c1-2-15(13-9-5-3-6-10-13)16(18)17(19)14-11-7-4-8-12-14/h3-12,15-16H,2H2,1H3. The molecule has 2 aromatic rings. The maximum Gasteiger partial charge on any atom is 0.181 e. The van der Waals surface area contributed by atoms with E-state index in [1.807, 2.05) is 60.7 Å². The molecule has 0 bridgehead atoms. The molecule has 1 nitrogen and oxygen atoms in total. The molecule has 0 saturated carbocycles. The van der Waals surface area contributed by atoms with E-state index in [1.54, 1.807) is 0 Å². The molecule has 2 aromatic carbocycles. The Morgan fingerprint density at radius 1 is 1.00 bits per heavy atom. The van der Waals surface area contributed by atoms with Crippen molar-refractivity contribution in [3.05, 3.63) is 71.8 Å². The fourth-order valence-electron chi connectivity index (χ4n) is 2.26. The minimum atomic E-state index is -0.519. The van der Waals surface area contributed by atoms with Gasteiger partial charge >= 0.3 is 0 Å². The Labute approximate surface area is 119 Å². The molecule has 0 N–H and O–H groups in total. The van der Waals surface area contributed by atoms with Crippen LogP contribution in [0.15, 0.2) is 60.7 Å². The SMILES string of the molecule is CCC(c1ccccc1)C(Cl)C(=O)c1ccccc1. The number of carbonyl (C=O) groups is 1. The van der Waals surface area contributed by atoms with Gasteiger partial charge < -0.3 is 0 Å². The zero-order valence-electron chi connectivity index (χ0n) is 10.9. The van der Waals surface area contributed by atoms with Crippen LogP contribution in [0.3, 0.4) is 0 Å². The van der Waals surface area contributed by atoms with Gasteiger partial charge in [-0.25, -0.2) is 0 Å². The minimum absolute atomic E-state index is 0.00188. The molecule has 0 spiro atoms. The second-order valence-electron chi connectivity index (χ2n) is 4.56. The van der Waals surface area contributed by atoms with Crippen LogP contribution in [0.4, 0.5) is 0 Å². The van der Waals surface area contributed by atoms with Gasteiger partial charge in [0.15, 0.2) is 5.78 Å². The summed E-state index contributed by atoms with van der Waals surface area (Å²) in [6, 6.07) is 19.2. The fraction of sp³-hybridized carbons (Fsp3) is 0.235. The summed E-state index contributed by atoms with van der Waals surface area (Å²) in [5.74, 6) is 0.0496. The molecule has 0 aliphatic heterocycles. The number of Topliss-reactive ketones (excluding diaryl/α,β-unsaturated/α-hetero) is 1. The van der Waals surface area contributed by atoms with E-state index >= 15 is 0 Å². The summed E-state index contributed by atoms with van der Waals surface area (Å²) in [7, 11) is 0. The normalized spacial score (nSPS) is 13.8. The zero-order valence-corrected chi connectivity index (χ0v) is 11.7. The smallest absolute Gasteiger partial charge is 0.181 e. The molecular weight excluding hydrogens is 256 g/mol. The van der Waals surface area contributed by atoms with Crippen molar-refractivity contribution in [2.24, 2.45) is 0 Å². The molecule has 2 atom stereocenters. The molecule has 2 rings (SSSR count). The average Bonchev–Trinajstić information content (AvgIpc) is 2.49. The number of alkyl halides is 1. The van der Waals surface area contributed by atoms with Gasteiger partial charge in [0.1, 0.15) is 5.38 Å². The van der Waals surface area contributed by atoms with Crippen LogP contribution < -0.4 is 0 Å². The summed E-state index contributed by atoms with van der Waals surface area (Å²) < 4.78 is 0. The van der Waals surface area contributed by atoms with Gasteiger partial charge in [-0.1, -0.05) is 67.6 Å². The first-order valence-electron chi connectivity index (χ1n) is 6.52. The molecule has 0 amide bonds. The van der Waals surface area contributed by atoms with E-state index < -0.39 is 5.38 Å². The lowest BCUT2D eigenvalue weighted by molar-refractivity contribution is 0.0977. The van der Waals surface area contributed by atoms with E-state index in [9.17, 15) is 4.79 Å². The summed E-state index contributed by atoms with van der Waals surface area (Å²) in [5, 5.41) is -0.519. The van der Waals surface area contributed by atoms with Gasteiger partial charge in [0.25, 0.3) is 0 Å². The Bertz CT molecular complexity index is 521. The summed E-state index contributed by atoms with van der Waals surface area (Å²) in [4.78, 5) is 12.4. The highest BCUT2D eigenvalue weighted by atomic mass is 35.5. The van der Waals surface area contributed by atoms with Crippen molar-refractivity contribution in [3.63, 3.8) is 0 Å². The predicted molar refractivity (Wildman–Crippen MR) is 79.9 cm³/mol. The first-order chi connectivity index (χ1) is 9.24. The van der Waals surface area contributed by atoms with Gasteiger partial charge in [-0.2, -0.15) is 0 Å². The van der Waals surface area contributed by atoms with E-state index in [2.05, 4.69) is 6.92 Å². The van der Waals surface area contributed by atoms with Gasteiger partial charge in [-0.15, -0.1) is 11.6 Å². The lowest BCUT2D eigenvalue weighted by atomic mass is 9.89. The third-order valence-corrected chi connectivity index (χ3v) is 3.83. The van der Waals surface area contributed by atoms with Gasteiger partial charge in [-0.05, 0) is 12.0 Å². The van der Waals surface area contributed by atoms with Crippen LogP contribution >= 0.6 is 11.6 Å². The lowest BCUT2D eigenvalue weighted by Crippen LogP contribution is -2.22. The van der Waals surface area contributed by atoms with Crippen LogP contribution in [0.25, 0.3) is 0 Å². The average molecular weight is 273 g/mol. The van der Waals surface area contributed by atoms with Crippen LogP contribution in [0.5, 0.6) is 0 Å². The van der Waals surface area contributed by atoms with E-state index in [-0.39, 0.29) is 11.7 Å². The van der Waals surface area contributed by atoms with Crippen LogP contribution in [0.2, 0.25) is 0 Å². The number of carbonyl (C=O) groups excluding carboxylic acids is 1. The highest BCUT2D eigenvalue weighted by Crippen LogP contribution is 2.29. The number of benzene rings is 2. The molecule has 0 aliphatic carbocycles. The molecule has 98 valence electrons. The predicted octanol–water partition coefficient (Wildman–Crippen LogP) is 4.67. The molecule has 2 heteroatoms. The number of ketones is 1. The Kier molecular flexibility index (Phi) is 4.75. The Hall–Kier alpha value is -1.60.